The molecule has 4 rings (SSSR count). The Kier molecular flexibility index (Phi) is 9.70. The molecule has 4 aromatic rings. The Morgan fingerprint density at radius 1 is 0.784 bits per heavy atom. The van der Waals surface area contributed by atoms with Crippen molar-refractivity contribution in [3.8, 4) is 11.5 Å². The van der Waals surface area contributed by atoms with Gasteiger partial charge in [-0.05, 0) is 53.8 Å². The number of hydrogen-bond acceptors (Lipinski definition) is 4. The first-order valence-electron chi connectivity index (χ1n) is 12.8. The highest BCUT2D eigenvalue weighted by atomic mass is 16.5. The van der Waals surface area contributed by atoms with Gasteiger partial charge in [0.2, 0.25) is 5.91 Å². The van der Waals surface area contributed by atoms with Crippen molar-refractivity contribution in [3.05, 3.63) is 126 Å². The van der Waals surface area contributed by atoms with E-state index in [2.05, 4.69) is 17.1 Å². The van der Waals surface area contributed by atoms with E-state index in [0.29, 0.717) is 44.0 Å². The predicted molar refractivity (Wildman–Crippen MR) is 147 cm³/mol. The second-order valence-electron chi connectivity index (χ2n) is 8.99. The molecular weight excluding hydrogens is 460 g/mol. The fourth-order valence-corrected chi connectivity index (χ4v) is 4.22. The Hall–Kier alpha value is -4.12. The first kappa shape index (κ1) is 26.0. The van der Waals surface area contributed by atoms with Crippen molar-refractivity contribution in [1.29, 1.82) is 0 Å². The third kappa shape index (κ3) is 8.21. The summed E-state index contributed by atoms with van der Waals surface area (Å²) in [6.45, 7) is 1.58. The van der Waals surface area contributed by atoms with Crippen LogP contribution in [0.15, 0.2) is 103 Å². The van der Waals surface area contributed by atoms with Gasteiger partial charge in [0.25, 0.3) is 0 Å². The summed E-state index contributed by atoms with van der Waals surface area (Å²) in [5.41, 5.74) is 4.33. The molecule has 0 aliphatic rings. The highest BCUT2D eigenvalue weighted by Crippen LogP contribution is 2.29. The molecule has 1 heterocycles. The first-order valence-corrected chi connectivity index (χ1v) is 12.8. The standard InChI is InChI=1S/C32H34N2O3/c1-36-31-23-28(18-19-30(31)37-25-27-13-6-3-7-14-27)24-34(22-20-29-16-8-9-21-33-29)32(35)17-10-15-26-11-4-2-5-12-26/h2-9,11-14,16,18-19,21,23H,10,15,17,20,22,24-25H2,1H3. The Morgan fingerprint density at radius 3 is 2.22 bits per heavy atom. The van der Waals surface area contributed by atoms with E-state index in [9.17, 15) is 4.79 Å². The van der Waals surface area contributed by atoms with Crippen molar-refractivity contribution < 1.29 is 14.3 Å². The number of pyridine rings is 1. The number of carbonyl (C=O) groups excluding carboxylic acids is 1. The highest BCUT2D eigenvalue weighted by Gasteiger charge is 2.16. The van der Waals surface area contributed by atoms with Crippen molar-refractivity contribution in [2.45, 2.75) is 38.8 Å². The maximum atomic E-state index is 13.3. The molecule has 0 unspecified atom stereocenters. The summed E-state index contributed by atoms with van der Waals surface area (Å²) >= 11 is 0. The highest BCUT2D eigenvalue weighted by molar-refractivity contribution is 5.76. The zero-order valence-electron chi connectivity index (χ0n) is 21.4. The van der Waals surface area contributed by atoms with Crippen LogP contribution in [-0.4, -0.2) is 29.4 Å². The number of rotatable bonds is 13. The van der Waals surface area contributed by atoms with E-state index in [1.165, 1.54) is 5.56 Å². The first-order chi connectivity index (χ1) is 18.2. The molecule has 0 fully saturated rings. The summed E-state index contributed by atoms with van der Waals surface area (Å²) in [5, 5.41) is 0. The SMILES string of the molecule is COc1cc(CN(CCc2ccccn2)C(=O)CCCc2ccccc2)ccc1OCc1ccccc1. The van der Waals surface area contributed by atoms with E-state index in [0.717, 1.165) is 29.7 Å². The average Bonchev–Trinajstić information content (AvgIpc) is 2.96. The monoisotopic (exact) mass is 494 g/mol. The molecule has 190 valence electrons. The van der Waals surface area contributed by atoms with Gasteiger partial charge in [-0.15, -0.1) is 0 Å². The summed E-state index contributed by atoms with van der Waals surface area (Å²) < 4.78 is 11.6. The number of benzene rings is 3. The molecule has 0 radical (unpaired) electrons. The second-order valence-corrected chi connectivity index (χ2v) is 8.99. The van der Waals surface area contributed by atoms with Gasteiger partial charge in [-0.2, -0.15) is 0 Å². The van der Waals surface area contributed by atoms with Crippen molar-refractivity contribution in [2.24, 2.45) is 0 Å². The zero-order chi connectivity index (χ0) is 25.7. The molecule has 5 heteroatoms. The average molecular weight is 495 g/mol. The summed E-state index contributed by atoms with van der Waals surface area (Å²) in [4.78, 5) is 19.6. The van der Waals surface area contributed by atoms with Crippen LogP contribution in [0.4, 0.5) is 0 Å². The van der Waals surface area contributed by atoms with E-state index in [1.54, 1.807) is 13.3 Å². The number of nitrogens with zero attached hydrogens (tertiary/aromatic N) is 2. The molecule has 0 bridgehead atoms. The number of aromatic nitrogens is 1. The van der Waals surface area contributed by atoms with E-state index in [1.807, 2.05) is 89.8 Å². The van der Waals surface area contributed by atoms with Crippen LogP contribution in [0.25, 0.3) is 0 Å². The van der Waals surface area contributed by atoms with Crippen LogP contribution in [0, 0.1) is 0 Å². The quantitative estimate of drug-likeness (QED) is 0.220. The van der Waals surface area contributed by atoms with Gasteiger partial charge < -0.3 is 14.4 Å². The Bertz CT molecular complexity index is 1230. The van der Waals surface area contributed by atoms with E-state index >= 15 is 0 Å². The van der Waals surface area contributed by atoms with Crippen LogP contribution >= 0.6 is 0 Å². The zero-order valence-corrected chi connectivity index (χ0v) is 21.4. The number of amides is 1. The van der Waals surface area contributed by atoms with E-state index < -0.39 is 0 Å². The smallest absolute Gasteiger partial charge is 0.222 e. The van der Waals surface area contributed by atoms with Crippen LogP contribution in [0.1, 0.15) is 35.2 Å². The lowest BCUT2D eigenvalue weighted by atomic mass is 10.1. The molecule has 3 aromatic carbocycles. The number of methoxy groups -OCH3 is 1. The van der Waals surface area contributed by atoms with Gasteiger partial charge in [0, 0.05) is 37.8 Å². The molecule has 0 N–H and O–H groups in total. The van der Waals surface area contributed by atoms with E-state index in [4.69, 9.17) is 9.47 Å². The van der Waals surface area contributed by atoms with Crippen molar-refractivity contribution >= 4 is 5.91 Å². The number of hydrogen-bond donors (Lipinski definition) is 0. The van der Waals surface area contributed by atoms with Crippen LogP contribution in [-0.2, 0) is 30.8 Å². The fraction of sp³-hybridized carbons (Fsp3) is 0.250. The summed E-state index contributed by atoms with van der Waals surface area (Å²) in [6.07, 6.45) is 4.72. The molecule has 37 heavy (non-hydrogen) atoms. The van der Waals surface area contributed by atoms with Gasteiger partial charge in [-0.25, -0.2) is 0 Å². The van der Waals surface area contributed by atoms with E-state index in [-0.39, 0.29) is 5.91 Å². The minimum atomic E-state index is 0.148. The Balaban J connectivity index is 1.41. The normalized spacial score (nSPS) is 10.6. The molecule has 0 saturated heterocycles. The van der Waals surface area contributed by atoms with Crippen molar-refractivity contribution in [3.63, 3.8) is 0 Å². The van der Waals surface area contributed by atoms with Gasteiger partial charge in [-0.3, -0.25) is 9.78 Å². The summed E-state index contributed by atoms with van der Waals surface area (Å²) in [5.74, 6) is 1.49. The van der Waals surface area contributed by atoms with Gasteiger partial charge in [0.1, 0.15) is 6.61 Å². The minimum absolute atomic E-state index is 0.148. The molecule has 1 amide bonds. The van der Waals surface area contributed by atoms with Gasteiger partial charge in [0.05, 0.1) is 7.11 Å². The third-order valence-electron chi connectivity index (χ3n) is 6.25. The van der Waals surface area contributed by atoms with Gasteiger partial charge in [0.15, 0.2) is 11.5 Å². The van der Waals surface area contributed by atoms with Crippen LogP contribution in [0.5, 0.6) is 11.5 Å². The maximum absolute atomic E-state index is 13.3. The molecule has 0 spiro atoms. The molecule has 0 aliphatic carbocycles. The number of aryl methyl sites for hydroxylation is 1. The molecular formula is C32H34N2O3. The van der Waals surface area contributed by atoms with Crippen LogP contribution < -0.4 is 9.47 Å². The lowest BCUT2D eigenvalue weighted by Crippen LogP contribution is -2.32. The maximum Gasteiger partial charge on any atom is 0.222 e. The Morgan fingerprint density at radius 2 is 1.51 bits per heavy atom. The van der Waals surface area contributed by atoms with Crippen LogP contribution in [0.2, 0.25) is 0 Å². The fourth-order valence-electron chi connectivity index (χ4n) is 4.22. The van der Waals surface area contributed by atoms with Gasteiger partial charge in [-0.1, -0.05) is 72.8 Å². The minimum Gasteiger partial charge on any atom is -0.493 e. The number of carbonyl (C=O) groups is 1. The molecule has 0 atom stereocenters. The van der Waals surface area contributed by atoms with Crippen molar-refractivity contribution in [2.75, 3.05) is 13.7 Å². The lowest BCUT2D eigenvalue weighted by Gasteiger charge is -2.23. The molecule has 0 saturated carbocycles. The lowest BCUT2D eigenvalue weighted by molar-refractivity contribution is -0.131. The number of ether oxygens (including phenoxy) is 2. The predicted octanol–water partition coefficient (Wildman–Crippen LogP) is 6.26. The third-order valence-corrected chi connectivity index (χ3v) is 6.25. The molecule has 1 aromatic heterocycles. The summed E-state index contributed by atoms with van der Waals surface area (Å²) in [7, 11) is 1.64. The van der Waals surface area contributed by atoms with Crippen molar-refractivity contribution in [1.82, 2.24) is 9.88 Å². The molecule has 0 aliphatic heterocycles. The topological polar surface area (TPSA) is 51.7 Å². The Labute approximate surface area is 219 Å². The van der Waals surface area contributed by atoms with Crippen LogP contribution in [0.3, 0.4) is 0 Å². The second kappa shape index (κ2) is 13.8. The van der Waals surface area contributed by atoms with Gasteiger partial charge >= 0.3 is 0 Å². The molecule has 5 nitrogen and oxygen atoms in total. The largest absolute Gasteiger partial charge is 0.493 e. The summed E-state index contributed by atoms with van der Waals surface area (Å²) in [6, 6.07) is 32.1.